The minimum Gasteiger partial charge on any atom is -0.508 e. The van der Waals surface area contributed by atoms with Gasteiger partial charge < -0.3 is 14.6 Å². The number of fused-ring (bicyclic) bond motifs is 3. The van der Waals surface area contributed by atoms with Crippen LogP contribution in [0.15, 0.2) is 18.2 Å². The van der Waals surface area contributed by atoms with Crippen molar-refractivity contribution in [3.63, 3.8) is 0 Å². The normalized spacial score (nSPS) is 30.2. The van der Waals surface area contributed by atoms with E-state index in [9.17, 15) is 5.11 Å². The lowest BCUT2D eigenvalue weighted by Crippen LogP contribution is -2.37. The third-order valence-electron chi connectivity index (χ3n) is 4.17. The van der Waals surface area contributed by atoms with Gasteiger partial charge in [-0.3, -0.25) is 0 Å². The van der Waals surface area contributed by atoms with Crippen molar-refractivity contribution in [2.75, 3.05) is 13.2 Å². The number of phenolic OH excluding ortho intramolecular Hbond substituents is 1. The molecule has 2 aliphatic rings. The lowest BCUT2D eigenvalue weighted by molar-refractivity contribution is -0.0871. The number of phenols is 1. The van der Waals surface area contributed by atoms with Crippen molar-refractivity contribution in [3.8, 4) is 11.5 Å². The van der Waals surface area contributed by atoms with Gasteiger partial charge in [-0.1, -0.05) is 19.8 Å². The standard InChI is InChI=1S/C15H20O3/c1-2-3-10-6-7-17-15-12-8-11(16)4-5-14(12)18-9-13(10)15/h4-5,8,10,13,15-16H,2-3,6-7,9H2,1H3/t10?,13-,15+/m1/s1. The third-order valence-corrected chi connectivity index (χ3v) is 4.17. The van der Waals surface area contributed by atoms with Gasteiger partial charge in [-0.25, -0.2) is 0 Å². The van der Waals surface area contributed by atoms with Gasteiger partial charge in [-0.15, -0.1) is 0 Å². The number of aromatic hydroxyl groups is 1. The minimum atomic E-state index is 0.103. The van der Waals surface area contributed by atoms with Crippen LogP contribution in [-0.2, 0) is 4.74 Å². The highest BCUT2D eigenvalue weighted by atomic mass is 16.5. The average Bonchev–Trinajstić information content (AvgIpc) is 2.39. The van der Waals surface area contributed by atoms with Gasteiger partial charge in [0.1, 0.15) is 11.5 Å². The predicted molar refractivity (Wildman–Crippen MR) is 68.8 cm³/mol. The van der Waals surface area contributed by atoms with Crippen LogP contribution in [0.2, 0.25) is 0 Å². The molecule has 0 spiro atoms. The van der Waals surface area contributed by atoms with Crippen LogP contribution in [0.5, 0.6) is 11.5 Å². The molecule has 3 atom stereocenters. The van der Waals surface area contributed by atoms with E-state index >= 15 is 0 Å². The van der Waals surface area contributed by atoms with Gasteiger partial charge in [0, 0.05) is 18.1 Å². The second-order valence-electron chi connectivity index (χ2n) is 5.33. The van der Waals surface area contributed by atoms with Crippen LogP contribution in [0.1, 0.15) is 37.9 Å². The van der Waals surface area contributed by atoms with Crippen molar-refractivity contribution in [1.82, 2.24) is 0 Å². The zero-order chi connectivity index (χ0) is 12.5. The summed E-state index contributed by atoms with van der Waals surface area (Å²) in [4.78, 5) is 0. The van der Waals surface area contributed by atoms with E-state index in [2.05, 4.69) is 6.92 Å². The highest BCUT2D eigenvalue weighted by molar-refractivity contribution is 5.42. The molecule has 0 radical (unpaired) electrons. The van der Waals surface area contributed by atoms with Crippen LogP contribution < -0.4 is 4.74 Å². The SMILES string of the molecule is CCCC1CCO[C@H]2c3cc(O)ccc3OC[C@H]12. The molecule has 1 unspecified atom stereocenters. The van der Waals surface area contributed by atoms with Crippen molar-refractivity contribution >= 4 is 0 Å². The fraction of sp³-hybridized carbons (Fsp3) is 0.600. The van der Waals surface area contributed by atoms with Crippen molar-refractivity contribution in [2.45, 2.75) is 32.3 Å². The monoisotopic (exact) mass is 248 g/mol. The molecule has 1 aromatic rings. The van der Waals surface area contributed by atoms with E-state index in [1.165, 1.54) is 12.8 Å². The molecular formula is C15H20O3. The van der Waals surface area contributed by atoms with Gasteiger partial charge in [0.05, 0.1) is 12.7 Å². The number of hydrogen-bond donors (Lipinski definition) is 1. The van der Waals surface area contributed by atoms with Crippen molar-refractivity contribution < 1.29 is 14.6 Å². The van der Waals surface area contributed by atoms with Crippen LogP contribution >= 0.6 is 0 Å². The highest BCUT2D eigenvalue weighted by Crippen LogP contribution is 2.46. The van der Waals surface area contributed by atoms with E-state index in [0.717, 1.165) is 30.9 Å². The van der Waals surface area contributed by atoms with Crippen LogP contribution in [0, 0.1) is 11.8 Å². The zero-order valence-corrected chi connectivity index (χ0v) is 10.8. The zero-order valence-electron chi connectivity index (χ0n) is 10.8. The van der Waals surface area contributed by atoms with Crippen LogP contribution in [0.4, 0.5) is 0 Å². The van der Waals surface area contributed by atoms with Crippen molar-refractivity contribution in [2.24, 2.45) is 11.8 Å². The van der Waals surface area contributed by atoms with E-state index in [-0.39, 0.29) is 6.10 Å². The van der Waals surface area contributed by atoms with Gasteiger partial charge in [0.25, 0.3) is 0 Å². The Labute approximate surface area is 108 Å². The molecule has 3 nitrogen and oxygen atoms in total. The first-order chi connectivity index (χ1) is 8.79. The predicted octanol–water partition coefficient (Wildman–Crippen LogP) is 3.28. The van der Waals surface area contributed by atoms with Crippen LogP contribution in [0.25, 0.3) is 0 Å². The maximum Gasteiger partial charge on any atom is 0.125 e. The first kappa shape index (κ1) is 11.8. The fourth-order valence-corrected chi connectivity index (χ4v) is 3.28. The Balaban J connectivity index is 1.91. The van der Waals surface area contributed by atoms with E-state index in [1.807, 2.05) is 6.07 Å². The molecule has 3 rings (SSSR count). The molecular weight excluding hydrogens is 228 g/mol. The van der Waals surface area contributed by atoms with Crippen LogP contribution in [-0.4, -0.2) is 18.3 Å². The van der Waals surface area contributed by atoms with E-state index in [0.29, 0.717) is 17.6 Å². The maximum atomic E-state index is 9.64. The molecule has 98 valence electrons. The summed E-state index contributed by atoms with van der Waals surface area (Å²) in [6.07, 6.45) is 3.68. The smallest absolute Gasteiger partial charge is 0.125 e. The Morgan fingerprint density at radius 2 is 2.28 bits per heavy atom. The van der Waals surface area contributed by atoms with E-state index in [1.54, 1.807) is 12.1 Å². The largest absolute Gasteiger partial charge is 0.508 e. The summed E-state index contributed by atoms with van der Waals surface area (Å²) >= 11 is 0. The number of rotatable bonds is 2. The van der Waals surface area contributed by atoms with Gasteiger partial charge >= 0.3 is 0 Å². The number of ether oxygens (including phenoxy) is 2. The van der Waals surface area contributed by atoms with E-state index in [4.69, 9.17) is 9.47 Å². The molecule has 1 aromatic carbocycles. The molecule has 0 saturated carbocycles. The Bertz CT molecular complexity index is 428. The molecule has 1 N–H and O–H groups in total. The Morgan fingerprint density at radius 3 is 3.11 bits per heavy atom. The summed E-state index contributed by atoms with van der Waals surface area (Å²) in [5, 5.41) is 9.64. The van der Waals surface area contributed by atoms with Crippen LogP contribution in [0.3, 0.4) is 0 Å². The quantitative estimate of drug-likeness (QED) is 0.873. The summed E-state index contributed by atoms with van der Waals surface area (Å²) < 4.78 is 11.8. The lowest BCUT2D eigenvalue weighted by atomic mass is 9.77. The molecule has 0 bridgehead atoms. The van der Waals surface area contributed by atoms with Gasteiger partial charge in [-0.2, -0.15) is 0 Å². The summed E-state index contributed by atoms with van der Waals surface area (Å²) in [5.74, 6) is 2.28. The van der Waals surface area contributed by atoms with Crippen molar-refractivity contribution in [3.05, 3.63) is 23.8 Å². The molecule has 3 heteroatoms. The summed E-state index contributed by atoms with van der Waals surface area (Å²) in [6, 6.07) is 5.31. The molecule has 0 aliphatic carbocycles. The molecule has 0 amide bonds. The summed E-state index contributed by atoms with van der Waals surface area (Å²) in [5.41, 5.74) is 1.02. The van der Waals surface area contributed by atoms with Gasteiger partial charge in [0.2, 0.25) is 0 Å². The summed E-state index contributed by atoms with van der Waals surface area (Å²) in [7, 11) is 0. The second kappa shape index (κ2) is 4.81. The van der Waals surface area contributed by atoms with Crippen molar-refractivity contribution in [1.29, 1.82) is 0 Å². The topological polar surface area (TPSA) is 38.7 Å². The van der Waals surface area contributed by atoms with E-state index < -0.39 is 0 Å². The number of benzene rings is 1. The molecule has 1 fully saturated rings. The maximum absolute atomic E-state index is 9.64. The highest BCUT2D eigenvalue weighted by Gasteiger charge is 2.39. The molecule has 1 saturated heterocycles. The molecule has 2 heterocycles. The second-order valence-corrected chi connectivity index (χ2v) is 5.33. The summed E-state index contributed by atoms with van der Waals surface area (Å²) in [6.45, 7) is 3.79. The lowest BCUT2D eigenvalue weighted by Gasteiger charge is -2.41. The third kappa shape index (κ3) is 1.97. The average molecular weight is 248 g/mol. The molecule has 18 heavy (non-hydrogen) atoms. The Kier molecular flexibility index (Phi) is 3.16. The van der Waals surface area contributed by atoms with Gasteiger partial charge in [0.15, 0.2) is 0 Å². The van der Waals surface area contributed by atoms with Gasteiger partial charge in [-0.05, 0) is 30.5 Å². The first-order valence-corrected chi connectivity index (χ1v) is 6.87. The Morgan fingerprint density at radius 1 is 1.39 bits per heavy atom. The molecule has 2 aliphatic heterocycles. The Hall–Kier alpha value is -1.22. The molecule has 0 aromatic heterocycles. The first-order valence-electron chi connectivity index (χ1n) is 6.87. The number of hydrogen-bond acceptors (Lipinski definition) is 3. The fourth-order valence-electron chi connectivity index (χ4n) is 3.28. The minimum absolute atomic E-state index is 0.103.